The lowest BCUT2D eigenvalue weighted by molar-refractivity contribution is 0.0677. The summed E-state index contributed by atoms with van der Waals surface area (Å²) in [5.41, 5.74) is 6.63. The first-order valence-electron chi connectivity index (χ1n) is 7.04. The van der Waals surface area contributed by atoms with E-state index in [0.717, 1.165) is 18.4 Å². The monoisotopic (exact) mass is 288 g/mol. The molecule has 1 aliphatic rings. The van der Waals surface area contributed by atoms with Gasteiger partial charge in [-0.05, 0) is 49.2 Å². The maximum atomic E-state index is 12.9. The molecule has 1 atom stereocenters. The molecule has 1 unspecified atom stereocenters. The summed E-state index contributed by atoms with van der Waals surface area (Å²) in [6.07, 6.45) is 1.86. The van der Waals surface area contributed by atoms with Crippen LogP contribution < -0.4 is 5.73 Å². The third-order valence-electron chi connectivity index (χ3n) is 3.69. The number of likely N-dealkylation sites (tertiary alicyclic amines) is 1. The number of piperidine rings is 1. The molecule has 2 N–H and O–H groups in total. The minimum absolute atomic E-state index is 0.0363. The number of carbonyl (C=O) groups is 1. The fraction of sp³-hybridized carbons (Fsp3) is 0.312. The van der Waals surface area contributed by atoms with E-state index < -0.39 is 0 Å². The van der Waals surface area contributed by atoms with Crippen molar-refractivity contribution in [2.24, 2.45) is 5.73 Å². The Balaban J connectivity index is 1.78. The normalized spacial score (nSPS) is 18.8. The molecule has 1 aliphatic heterocycles. The van der Waals surface area contributed by atoms with Crippen molar-refractivity contribution in [3.05, 3.63) is 48.0 Å². The quantitative estimate of drug-likeness (QED) is 0.924. The zero-order valence-corrected chi connectivity index (χ0v) is 11.6. The molecule has 21 heavy (non-hydrogen) atoms. The average molecular weight is 288 g/mol. The van der Waals surface area contributed by atoms with Crippen LogP contribution in [0.15, 0.2) is 40.8 Å². The predicted octanol–water partition coefficient (Wildman–Crippen LogP) is 2.65. The third kappa shape index (κ3) is 2.97. The Labute approximate surface area is 122 Å². The summed E-state index contributed by atoms with van der Waals surface area (Å²) in [5, 5.41) is 0. The molecule has 1 saturated heterocycles. The van der Waals surface area contributed by atoms with Crippen LogP contribution in [0, 0.1) is 5.82 Å². The van der Waals surface area contributed by atoms with Gasteiger partial charge in [0.2, 0.25) is 0 Å². The fourth-order valence-corrected chi connectivity index (χ4v) is 2.57. The molecule has 0 radical (unpaired) electrons. The van der Waals surface area contributed by atoms with Gasteiger partial charge in [-0.15, -0.1) is 0 Å². The Kier molecular flexibility index (Phi) is 3.75. The molecule has 110 valence electrons. The van der Waals surface area contributed by atoms with Crippen LogP contribution in [-0.4, -0.2) is 29.9 Å². The van der Waals surface area contributed by atoms with Gasteiger partial charge in [-0.25, -0.2) is 4.39 Å². The molecule has 1 aromatic heterocycles. The van der Waals surface area contributed by atoms with E-state index in [1.807, 2.05) is 0 Å². The van der Waals surface area contributed by atoms with Gasteiger partial charge in [0, 0.05) is 24.7 Å². The van der Waals surface area contributed by atoms with Gasteiger partial charge in [0.15, 0.2) is 5.76 Å². The second kappa shape index (κ2) is 5.69. The zero-order valence-electron chi connectivity index (χ0n) is 11.6. The van der Waals surface area contributed by atoms with Gasteiger partial charge in [-0.2, -0.15) is 0 Å². The second-order valence-corrected chi connectivity index (χ2v) is 5.32. The summed E-state index contributed by atoms with van der Waals surface area (Å²) < 4.78 is 18.5. The van der Waals surface area contributed by atoms with Gasteiger partial charge >= 0.3 is 0 Å². The molecule has 1 amide bonds. The molecule has 0 spiro atoms. The van der Waals surface area contributed by atoms with Crippen LogP contribution in [0.5, 0.6) is 0 Å². The molecule has 2 aromatic rings. The molecule has 1 aromatic carbocycles. The van der Waals surface area contributed by atoms with Gasteiger partial charge in [0.1, 0.15) is 11.6 Å². The predicted molar refractivity (Wildman–Crippen MR) is 77.2 cm³/mol. The van der Waals surface area contributed by atoms with Crippen LogP contribution in [0.3, 0.4) is 0 Å². The Morgan fingerprint density at radius 3 is 2.71 bits per heavy atom. The zero-order chi connectivity index (χ0) is 14.8. The number of carbonyl (C=O) groups excluding carboxylic acids is 1. The molecule has 0 saturated carbocycles. The highest BCUT2D eigenvalue weighted by Crippen LogP contribution is 2.23. The first-order valence-corrected chi connectivity index (χ1v) is 7.04. The Hall–Kier alpha value is -2.14. The van der Waals surface area contributed by atoms with Crippen molar-refractivity contribution < 1.29 is 13.6 Å². The first-order chi connectivity index (χ1) is 10.1. The number of furan rings is 1. The third-order valence-corrected chi connectivity index (χ3v) is 3.69. The van der Waals surface area contributed by atoms with Gasteiger partial charge in [0.25, 0.3) is 5.91 Å². The molecular weight excluding hydrogens is 271 g/mol. The number of halogens is 1. The van der Waals surface area contributed by atoms with Gasteiger partial charge in [-0.3, -0.25) is 4.79 Å². The summed E-state index contributed by atoms with van der Waals surface area (Å²) >= 11 is 0. The van der Waals surface area contributed by atoms with Crippen molar-refractivity contribution in [1.82, 2.24) is 4.90 Å². The highest BCUT2D eigenvalue weighted by atomic mass is 19.1. The topological polar surface area (TPSA) is 59.5 Å². The molecule has 4 nitrogen and oxygen atoms in total. The lowest BCUT2D eigenvalue weighted by Crippen LogP contribution is -2.45. The Bertz CT molecular complexity index is 636. The van der Waals surface area contributed by atoms with E-state index >= 15 is 0 Å². The molecule has 0 bridgehead atoms. The van der Waals surface area contributed by atoms with Gasteiger partial charge in [0.05, 0.1) is 0 Å². The van der Waals surface area contributed by atoms with Gasteiger partial charge in [-0.1, -0.05) is 0 Å². The Morgan fingerprint density at radius 1 is 1.24 bits per heavy atom. The van der Waals surface area contributed by atoms with E-state index in [9.17, 15) is 9.18 Å². The van der Waals surface area contributed by atoms with E-state index in [2.05, 4.69) is 0 Å². The van der Waals surface area contributed by atoms with E-state index in [0.29, 0.717) is 24.6 Å². The summed E-state index contributed by atoms with van der Waals surface area (Å²) in [4.78, 5) is 14.1. The van der Waals surface area contributed by atoms with Crippen molar-refractivity contribution in [2.75, 3.05) is 13.1 Å². The van der Waals surface area contributed by atoms with Crippen LogP contribution in [0.1, 0.15) is 23.4 Å². The molecule has 2 heterocycles. The van der Waals surface area contributed by atoms with E-state index in [1.54, 1.807) is 29.2 Å². The lowest BCUT2D eigenvalue weighted by atomic mass is 10.1. The summed E-state index contributed by atoms with van der Waals surface area (Å²) in [6, 6.07) is 9.39. The van der Waals surface area contributed by atoms with Crippen LogP contribution in [-0.2, 0) is 0 Å². The van der Waals surface area contributed by atoms with Crippen molar-refractivity contribution in [2.45, 2.75) is 18.9 Å². The smallest absolute Gasteiger partial charge is 0.289 e. The average Bonchev–Trinajstić information content (AvgIpc) is 2.97. The molecule has 1 fully saturated rings. The number of nitrogens with two attached hydrogens (primary N) is 1. The standard InChI is InChI=1S/C16H17FN2O2/c17-12-5-3-11(4-6-12)14-7-8-15(21-14)16(20)19-9-1-2-13(18)10-19/h3-8,13H,1-2,9-10,18H2. The largest absolute Gasteiger partial charge is 0.451 e. The van der Waals surface area contributed by atoms with Crippen LogP contribution >= 0.6 is 0 Å². The van der Waals surface area contributed by atoms with Crippen molar-refractivity contribution in [1.29, 1.82) is 0 Å². The fourth-order valence-electron chi connectivity index (χ4n) is 2.57. The van der Waals surface area contributed by atoms with Crippen LogP contribution in [0.4, 0.5) is 4.39 Å². The van der Waals surface area contributed by atoms with E-state index in [-0.39, 0.29) is 17.8 Å². The van der Waals surface area contributed by atoms with E-state index in [1.165, 1.54) is 12.1 Å². The van der Waals surface area contributed by atoms with Crippen LogP contribution in [0.2, 0.25) is 0 Å². The van der Waals surface area contributed by atoms with Crippen molar-refractivity contribution in [3.8, 4) is 11.3 Å². The van der Waals surface area contributed by atoms with Gasteiger partial charge < -0.3 is 15.1 Å². The molecular formula is C16H17FN2O2. The molecule has 5 heteroatoms. The highest BCUT2D eigenvalue weighted by molar-refractivity contribution is 5.92. The van der Waals surface area contributed by atoms with Crippen molar-refractivity contribution in [3.63, 3.8) is 0 Å². The number of rotatable bonds is 2. The summed E-state index contributed by atoms with van der Waals surface area (Å²) in [6.45, 7) is 1.27. The van der Waals surface area contributed by atoms with Crippen molar-refractivity contribution >= 4 is 5.91 Å². The lowest BCUT2D eigenvalue weighted by Gasteiger charge is -2.30. The van der Waals surface area contributed by atoms with E-state index in [4.69, 9.17) is 10.2 Å². The maximum Gasteiger partial charge on any atom is 0.289 e. The number of hydrogen-bond donors (Lipinski definition) is 1. The Morgan fingerprint density at radius 2 is 2.00 bits per heavy atom. The summed E-state index contributed by atoms with van der Waals surface area (Å²) in [5.74, 6) is 0.408. The SMILES string of the molecule is NC1CCCN(C(=O)c2ccc(-c3ccc(F)cc3)o2)C1. The van der Waals surface area contributed by atoms with Crippen LogP contribution in [0.25, 0.3) is 11.3 Å². The highest BCUT2D eigenvalue weighted by Gasteiger charge is 2.24. The maximum absolute atomic E-state index is 12.9. The summed E-state index contributed by atoms with van der Waals surface area (Å²) in [7, 11) is 0. The number of nitrogens with zero attached hydrogens (tertiary/aromatic N) is 1. The number of benzene rings is 1. The first kappa shape index (κ1) is 13.8. The second-order valence-electron chi connectivity index (χ2n) is 5.32. The molecule has 0 aliphatic carbocycles. The molecule has 3 rings (SSSR count). The minimum Gasteiger partial charge on any atom is -0.451 e. The number of hydrogen-bond acceptors (Lipinski definition) is 3. The number of amides is 1. The minimum atomic E-state index is -0.302.